The van der Waals surface area contributed by atoms with E-state index in [0.717, 1.165) is 44.1 Å². The van der Waals surface area contributed by atoms with E-state index in [1.807, 2.05) is 0 Å². The maximum absolute atomic E-state index is 13.0. The van der Waals surface area contributed by atoms with E-state index in [-0.39, 0.29) is 13.0 Å². The number of benzene rings is 1. The highest BCUT2D eigenvalue weighted by Crippen LogP contribution is 2.35. The van der Waals surface area contributed by atoms with Gasteiger partial charge in [-0.3, -0.25) is 9.48 Å². The molecular weight excluding hydrogens is 402 g/mol. The van der Waals surface area contributed by atoms with Crippen LogP contribution in [-0.2, 0) is 54.2 Å². The van der Waals surface area contributed by atoms with Crippen molar-refractivity contribution < 1.29 is 13.2 Å². The van der Waals surface area contributed by atoms with Crippen LogP contribution in [0.5, 0.6) is 0 Å². The van der Waals surface area contributed by atoms with Crippen LogP contribution in [0, 0.1) is 0 Å². The first-order valence-corrected chi connectivity index (χ1v) is 11.9. The Balaban J connectivity index is 1.56. The Labute approximate surface area is 177 Å². The van der Waals surface area contributed by atoms with Gasteiger partial charge in [0.2, 0.25) is 5.91 Å². The van der Waals surface area contributed by atoms with Crippen LogP contribution in [0.2, 0.25) is 0 Å². The van der Waals surface area contributed by atoms with Gasteiger partial charge in [0.05, 0.1) is 18.3 Å². The van der Waals surface area contributed by atoms with Crippen molar-refractivity contribution in [1.82, 2.24) is 19.8 Å². The zero-order chi connectivity index (χ0) is 21.3. The molecule has 2 aliphatic carbocycles. The zero-order valence-electron chi connectivity index (χ0n) is 17.6. The normalized spacial score (nSPS) is 15.1. The maximum Gasteiger partial charge on any atom is 0.326 e. The van der Waals surface area contributed by atoms with Gasteiger partial charge in [-0.05, 0) is 73.4 Å². The van der Waals surface area contributed by atoms with Crippen molar-refractivity contribution in [3.63, 3.8) is 0 Å². The molecule has 0 aliphatic heterocycles. The Morgan fingerprint density at radius 1 is 1.17 bits per heavy atom. The second kappa shape index (κ2) is 8.39. The molecule has 1 heterocycles. The van der Waals surface area contributed by atoms with Gasteiger partial charge in [0.15, 0.2) is 0 Å². The average molecular weight is 432 g/mol. The van der Waals surface area contributed by atoms with Gasteiger partial charge in [0.25, 0.3) is 0 Å². The number of aryl methyl sites for hydroxylation is 3. The number of fused-ring (bicyclic) bond motifs is 2. The van der Waals surface area contributed by atoms with E-state index in [4.69, 9.17) is 0 Å². The fourth-order valence-corrected chi connectivity index (χ4v) is 5.86. The van der Waals surface area contributed by atoms with Gasteiger partial charge in [-0.15, -0.1) is 0 Å². The molecule has 4 rings (SSSR count). The number of hydrogen-bond acceptors (Lipinski definition) is 5. The molecule has 0 fully saturated rings. The first-order chi connectivity index (χ1) is 14.4. The number of nitrogens with zero attached hydrogens (tertiary/aromatic N) is 3. The molecule has 0 unspecified atom stereocenters. The van der Waals surface area contributed by atoms with Crippen molar-refractivity contribution in [2.45, 2.75) is 44.9 Å². The van der Waals surface area contributed by atoms with Crippen LogP contribution in [-0.4, -0.2) is 44.2 Å². The zero-order valence-corrected chi connectivity index (χ0v) is 18.4. The Hall–Kier alpha value is -2.39. The van der Waals surface area contributed by atoms with E-state index >= 15 is 0 Å². The Bertz CT molecular complexity index is 1030. The molecule has 1 amide bonds. The number of aromatic nitrogens is 2. The molecule has 30 heavy (non-hydrogen) atoms. The van der Waals surface area contributed by atoms with Crippen LogP contribution in [0.3, 0.4) is 0 Å². The molecule has 1 aromatic heterocycles. The number of carbonyl (C=O) groups is 1. The third-order valence-corrected chi connectivity index (χ3v) is 7.47. The van der Waals surface area contributed by atoms with Gasteiger partial charge in [0, 0.05) is 26.3 Å². The highest BCUT2D eigenvalue weighted by molar-refractivity contribution is 7.91. The number of rotatable bonds is 8. The van der Waals surface area contributed by atoms with Crippen molar-refractivity contribution in [2.75, 3.05) is 24.4 Å². The summed E-state index contributed by atoms with van der Waals surface area (Å²) in [4.78, 5) is 12.9. The quantitative estimate of drug-likeness (QED) is 0.651. The van der Waals surface area contributed by atoms with Gasteiger partial charge < -0.3 is 5.32 Å². The Morgan fingerprint density at radius 3 is 2.40 bits per heavy atom. The molecule has 0 radical (unpaired) electrons. The third kappa shape index (κ3) is 4.09. The third-order valence-electron chi connectivity index (χ3n) is 6.01. The molecule has 0 saturated carbocycles. The van der Waals surface area contributed by atoms with Gasteiger partial charge in [-0.25, -0.2) is 9.03 Å². The molecule has 0 bridgehead atoms. The van der Waals surface area contributed by atoms with E-state index in [2.05, 4.69) is 21.2 Å². The monoisotopic (exact) mass is 431 g/mol. The summed E-state index contributed by atoms with van der Waals surface area (Å²) in [5.41, 5.74) is 6.70. The number of amides is 1. The van der Waals surface area contributed by atoms with Gasteiger partial charge in [-0.1, -0.05) is 6.07 Å². The molecule has 9 heteroatoms. The number of anilines is 1. The smallest absolute Gasteiger partial charge is 0.318 e. The number of likely N-dealkylation sites (N-methyl/N-ethyl adjacent to an activating group) is 1. The fraction of sp³-hybridized carbons (Fsp3) is 0.524. The first-order valence-electron chi connectivity index (χ1n) is 10.5. The molecule has 0 atom stereocenters. The van der Waals surface area contributed by atoms with Crippen LogP contribution < -0.4 is 14.3 Å². The minimum Gasteiger partial charge on any atom is -0.318 e. The summed E-state index contributed by atoms with van der Waals surface area (Å²) in [6, 6.07) is 2.31. The molecule has 1 aromatic carbocycles. The standard InChI is InChI=1S/C21H29N5O3S/c1-22-9-10-26(17-13-23-25(2)14-17)30(28,29)24-21(27)12-20-18-7-3-5-15(18)11-16-6-4-8-19(16)20/h11,13-14,22H,3-10,12H2,1-2H3,(H,24,27). The highest BCUT2D eigenvalue weighted by Gasteiger charge is 2.29. The van der Waals surface area contributed by atoms with Crippen molar-refractivity contribution in [3.8, 4) is 0 Å². The molecular formula is C21H29N5O3S. The second-order valence-corrected chi connectivity index (χ2v) is 9.69. The molecule has 8 nitrogen and oxygen atoms in total. The average Bonchev–Trinajstić information content (AvgIpc) is 3.42. The van der Waals surface area contributed by atoms with Crippen LogP contribution in [0.4, 0.5) is 5.69 Å². The van der Waals surface area contributed by atoms with Gasteiger partial charge >= 0.3 is 10.2 Å². The predicted octanol–water partition coefficient (Wildman–Crippen LogP) is 1.03. The molecule has 0 spiro atoms. The maximum atomic E-state index is 13.0. The first kappa shape index (κ1) is 20.9. The lowest BCUT2D eigenvalue weighted by Crippen LogP contribution is -2.46. The van der Waals surface area contributed by atoms with E-state index in [1.54, 1.807) is 20.3 Å². The lowest BCUT2D eigenvalue weighted by Gasteiger charge is -2.23. The van der Waals surface area contributed by atoms with E-state index in [0.29, 0.717) is 12.2 Å². The Morgan fingerprint density at radius 2 is 1.83 bits per heavy atom. The lowest BCUT2D eigenvalue weighted by atomic mass is 9.92. The lowest BCUT2D eigenvalue weighted by molar-refractivity contribution is -0.118. The van der Waals surface area contributed by atoms with Gasteiger partial charge in [-0.2, -0.15) is 13.5 Å². The van der Waals surface area contributed by atoms with E-state index in [9.17, 15) is 13.2 Å². The van der Waals surface area contributed by atoms with Crippen LogP contribution >= 0.6 is 0 Å². The summed E-state index contributed by atoms with van der Waals surface area (Å²) in [5, 5.41) is 7.01. The summed E-state index contributed by atoms with van der Waals surface area (Å²) in [7, 11) is -0.564. The molecule has 2 aliphatic rings. The summed E-state index contributed by atoms with van der Waals surface area (Å²) < 4.78 is 31.1. The van der Waals surface area contributed by atoms with Crippen LogP contribution in [0.1, 0.15) is 40.7 Å². The molecule has 2 N–H and O–H groups in total. The predicted molar refractivity (Wildman–Crippen MR) is 116 cm³/mol. The van der Waals surface area contributed by atoms with E-state index < -0.39 is 16.1 Å². The number of nitrogens with one attached hydrogen (secondary N) is 2. The number of carbonyl (C=O) groups excluding carboxylic acids is 1. The second-order valence-electron chi connectivity index (χ2n) is 8.09. The van der Waals surface area contributed by atoms with Crippen molar-refractivity contribution >= 4 is 21.8 Å². The van der Waals surface area contributed by atoms with Gasteiger partial charge in [0.1, 0.15) is 0 Å². The molecule has 162 valence electrons. The summed E-state index contributed by atoms with van der Waals surface area (Å²) >= 11 is 0. The van der Waals surface area contributed by atoms with Crippen LogP contribution in [0.15, 0.2) is 18.5 Å². The Kier molecular flexibility index (Phi) is 5.84. The topological polar surface area (TPSA) is 96.3 Å². The van der Waals surface area contributed by atoms with Crippen molar-refractivity contribution in [2.24, 2.45) is 7.05 Å². The highest BCUT2D eigenvalue weighted by atomic mass is 32.2. The SMILES string of the molecule is CNCCN(c1cnn(C)c1)S(=O)(=O)NC(=O)Cc1c2c(cc3c1CCC3)CCC2. The molecule has 0 saturated heterocycles. The number of hydrogen-bond donors (Lipinski definition) is 2. The minimum absolute atomic E-state index is 0.109. The summed E-state index contributed by atoms with van der Waals surface area (Å²) in [6.07, 6.45) is 9.46. The van der Waals surface area contributed by atoms with Crippen LogP contribution in [0.25, 0.3) is 0 Å². The minimum atomic E-state index is -4.04. The fourth-order valence-electron chi connectivity index (χ4n) is 4.68. The van der Waals surface area contributed by atoms with E-state index in [1.165, 1.54) is 37.4 Å². The summed E-state index contributed by atoms with van der Waals surface area (Å²) in [5.74, 6) is -0.484. The van der Waals surface area contributed by atoms with Crippen molar-refractivity contribution in [3.05, 3.63) is 46.3 Å². The van der Waals surface area contributed by atoms with Crippen molar-refractivity contribution in [1.29, 1.82) is 0 Å². The summed E-state index contributed by atoms with van der Waals surface area (Å²) in [6.45, 7) is 0.643. The molecule has 2 aromatic rings. The largest absolute Gasteiger partial charge is 0.326 e.